The molecular formula is C20H20O3. The monoisotopic (exact) mass is 308 g/mol. The first-order valence-electron chi connectivity index (χ1n) is 7.99. The average Bonchev–Trinajstić information content (AvgIpc) is 2.58. The van der Waals surface area contributed by atoms with Gasteiger partial charge in [0, 0.05) is 0 Å². The van der Waals surface area contributed by atoms with Gasteiger partial charge < -0.3 is 9.52 Å². The molecule has 3 heteroatoms. The first kappa shape index (κ1) is 15.3. The molecule has 2 aromatic carbocycles. The van der Waals surface area contributed by atoms with Gasteiger partial charge in [0.25, 0.3) is 0 Å². The summed E-state index contributed by atoms with van der Waals surface area (Å²) >= 11 is 0. The quantitative estimate of drug-likeness (QED) is 0.699. The van der Waals surface area contributed by atoms with E-state index in [1.165, 1.54) is 5.56 Å². The zero-order chi connectivity index (χ0) is 16.2. The molecule has 1 aromatic heterocycles. The van der Waals surface area contributed by atoms with Crippen LogP contribution in [0.2, 0.25) is 0 Å². The Morgan fingerprint density at radius 1 is 1.04 bits per heavy atom. The van der Waals surface area contributed by atoms with E-state index in [-0.39, 0.29) is 11.7 Å². The lowest BCUT2D eigenvalue weighted by atomic mass is 9.90. The van der Waals surface area contributed by atoms with Gasteiger partial charge in [-0.2, -0.15) is 0 Å². The third-order valence-corrected chi connectivity index (χ3v) is 4.35. The van der Waals surface area contributed by atoms with Gasteiger partial charge in [-0.25, -0.2) is 4.79 Å². The molecule has 0 spiro atoms. The number of hydrogen-bond donors (Lipinski definition) is 1. The molecule has 0 aliphatic heterocycles. The van der Waals surface area contributed by atoms with Crippen molar-refractivity contribution in [1.82, 2.24) is 0 Å². The van der Waals surface area contributed by atoms with Gasteiger partial charge in [0.2, 0.25) is 0 Å². The molecule has 1 heterocycles. The largest absolute Gasteiger partial charge is 0.507 e. The van der Waals surface area contributed by atoms with Crippen molar-refractivity contribution in [2.75, 3.05) is 0 Å². The Morgan fingerprint density at radius 3 is 2.48 bits per heavy atom. The third kappa shape index (κ3) is 3.14. The SMILES string of the molecule is CCC(CCc1ccccc1)c1c(O)c2ccccc2oc1=O. The standard InChI is InChI=1S/C20H20O3/c1-2-15(13-12-14-8-4-3-5-9-14)18-19(21)16-10-6-7-11-17(16)23-20(18)22/h3-11,15,21H,2,12-13H2,1H3. The summed E-state index contributed by atoms with van der Waals surface area (Å²) in [5.74, 6) is 0.0489. The van der Waals surface area contributed by atoms with Gasteiger partial charge in [-0.15, -0.1) is 0 Å². The van der Waals surface area contributed by atoms with Crippen molar-refractivity contribution in [1.29, 1.82) is 0 Å². The van der Waals surface area contributed by atoms with Crippen LogP contribution >= 0.6 is 0 Å². The van der Waals surface area contributed by atoms with E-state index in [4.69, 9.17) is 4.42 Å². The first-order chi connectivity index (χ1) is 11.2. The maximum Gasteiger partial charge on any atom is 0.343 e. The topological polar surface area (TPSA) is 50.4 Å². The molecule has 118 valence electrons. The Labute approximate surface area is 135 Å². The molecule has 0 amide bonds. The summed E-state index contributed by atoms with van der Waals surface area (Å²) in [6.07, 6.45) is 2.45. The van der Waals surface area contributed by atoms with Gasteiger partial charge in [-0.3, -0.25) is 0 Å². The fourth-order valence-electron chi connectivity index (χ4n) is 3.05. The Bertz CT molecular complexity index is 850. The maximum atomic E-state index is 12.3. The van der Waals surface area contributed by atoms with Gasteiger partial charge in [0.1, 0.15) is 11.3 Å². The van der Waals surface area contributed by atoms with Gasteiger partial charge >= 0.3 is 5.63 Å². The molecule has 1 N–H and O–H groups in total. The molecule has 0 radical (unpaired) electrons. The van der Waals surface area contributed by atoms with Crippen molar-refractivity contribution in [3.05, 3.63) is 76.1 Å². The molecule has 1 atom stereocenters. The van der Waals surface area contributed by atoms with Gasteiger partial charge in [-0.05, 0) is 42.9 Å². The highest BCUT2D eigenvalue weighted by molar-refractivity contribution is 5.84. The summed E-state index contributed by atoms with van der Waals surface area (Å²) in [6, 6.07) is 17.3. The minimum atomic E-state index is -0.430. The number of para-hydroxylation sites is 1. The molecule has 0 fully saturated rings. The Kier molecular flexibility index (Phi) is 4.47. The number of fused-ring (bicyclic) bond motifs is 1. The number of aryl methyl sites for hydroxylation is 1. The molecule has 0 saturated carbocycles. The maximum absolute atomic E-state index is 12.3. The lowest BCUT2D eigenvalue weighted by Crippen LogP contribution is -2.13. The summed E-state index contributed by atoms with van der Waals surface area (Å²) in [7, 11) is 0. The second kappa shape index (κ2) is 6.69. The summed E-state index contributed by atoms with van der Waals surface area (Å²) in [5.41, 5.74) is 1.63. The molecule has 3 rings (SSSR count). The highest BCUT2D eigenvalue weighted by Crippen LogP contribution is 2.34. The zero-order valence-corrected chi connectivity index (χ0v) is 13.2. The predicted octanol–water partition coefficient (Wildman–Crippen LogP) is 4.63. The van der Waals surface area contributed by atoms with Crippen molar-refractivity contribution >= 4 is 11.0 Å². The second-order valence-corrected chi connectivity index (χ2v) is 5.78. The smallest absolute Gasteiger partial charge is 0.343 e. The van der Waals surface area contributed by atoms with Crippen LogP contribution in [0, 0.1) is 0 Å². The van der Waals surface area contributed by atoms with E-state index in [1.54, 1.807) is 18.2 Å². The molecule has 0 aliphatic rings. The molecule has 3 nitrogen and oxygen atoms in total. The van der Waals surface area contributed by atoms with E-state index in [2.05, 4.69) is 12.1 Å². The summed E-state index contributed by atoms with van der Waals surface area (Å²) in [4.78, 5) is 12.3. The van der Waals surface area contributed by atoms with E-state index in [1.807, 2.05) is 31.2 Å². The number of rotatable bonds is 5. The molecule has 0 aliphatic carbocycles. The van der Waals surface area contributed by atoms with E-state index < -0.39 is 5.63 Å². The highest BCUT2D eigenvalue weighted by atomic mass is 16.4. The molecule has 0 saturated heterocycles. The summed E-state index contributed by atoms with van der Waals surface area (Å²) < 4.78 is 5.39. The van der Waals surface area contributed by atoms with Crippen LogP contribution in [0.25, 0.3) is 11.0 Å². The van der Waals surface area contributed by atoms with Crippen molar-refractivity contribution in [3.8, 4) is 5.75 Å². The van der Waals surface area contributed by atoms with Crippen LogP contribution in [0.15, 0.2) is 63.8 Å². The molecule has 1 unspecified atom stereocenters. The van der Waals surface area contributed by atoms with Crippen molar-refractivity contribution in [2.24, 2.45) is 0 Å². The van der Waals surface area contributed by atoms with Crippen LogP contribution < -0.4 is 5.63 Å². The predicted molar refractivity (Wildman–Crippen MR) is 91.9 cm³/mol. The summed E-state index contributed by atoms with van der Waals surface area (Å²) in [6.45, 7) is 2.03. The Hall–Kier alpha value is -2.55. The minimum Gasteiger partial charge on any atom is -0.507 e. The molecule has 23 heavy (non-hydrogen) atoms. The van der Waals surface area contributed by atoms with Crippen LogP contribution in [0.4, 0.5) is 0 Å². The minimum absolute atomic E-state index is 0.0175. The van der Waals surface area contributed by atoms with E-state index in [9.17, 15) is 9.90 Å². The normalized spacial score (nSPS) is 12.4. The van der Waals surface area contributed by atoms with Crippen molar-refractivity contribution in [3.63, 3.8) is 0 Å². The van der Waals surface area contributed by atoms with Crippen LogP contribution in [-0.2, 0) is 6.42 Å². The van der Waals surface area contributed by atoms with E-state index in [0.29, 0.717) is 16.5 Å². The lowest BCUT2D eigenvalue weighted by molar-refractivity contribution is 0.438. The molecule has 0 bridgehead atoms. The number of hydrogen-bond acceptors (Lipinski definition) is 3. The fourth-order valence-corrected chi connectivity index (χ4v) is 3.05. The highest BCUT2D eigenvalue weighted by Gasteiger charge is 2.21. The first-order valence-corrected chi connectivity index (χ1v) is 7.99. The number of aromatic hydroxyl groups is 1. The van der Waals surface area contributed by atoms with Crippen LogP contribution in [0.1, 0.15) is 36.8 Å². The number of benzene rings is 2. The fraction of sp³-hybridized carbons (Fsp3) is 0.250. The van der Waals surface area contributed by atoms with Gasteiger partial charge in [0.15, 0.2) is 0 Å². The third-order valence-electron chi connectivity index (χ3n) is 4.35. The molecular weight excluding hydrogens is 288 g/mol. The van der Waals surface area contributed by atoms with Crippen molar-refractivity contribution < 1.29 is 9.52 Å². The average molecular weight is 308 g/mol. The summed E-state index contributed by atoms with van der Waals surface area (Å²) in [5, 5.41) is 11.2. The van der Waals surface area contributed by atoms with Crippen LogP contribution in [0.3, 0.4) is 0 Å². The van der Waals surface area contributed by atoms with Crippen LogP contribution in [0.5, 0.6) is 5.75 Å². The van der Waals surface area contributed by atoms with Crippen molar-refractivity contribution in [2.45, 2.75) is 32.1 Å². The zero-order valence-electron chi connectivity index (χ0n) is 13.2. The van der Waals surface area contributed by atoms with Crippen LogP contribution in [-0.4, -0.2) is 5.11 Å². The second-order valence-electron chi connectivity index (χ2n) is 5.78. The van der Waals surface area contributed by atoms with E-state index >= 15 is 0 Å². The van der Waals surface area contributed by atoms with Gasteiger partial charge in [-0.1, -0.05) is 49.4 Å². The Balaban J connectivity index is 1.95. The Morgan fingerprint density at radius 2 is 1.74 bits per heavy atom. The van der Waals surface area contributed by atoms with Gasteiger partial charge in [0.05, 0.1) is 10.9 Å². The van der Waals surface area contributed by atoms with E-state index in [0.717, 1.165) is 19.3 Å². The lowest BCUT2D eigenvalue weighted by Gasteiger charge is -2.16. The molecule has 3 aromatic rings.